The number of hydrogen-bond donors (Lipinski definition) is 1. The predicted octanol–water partition coefficient (Wildman–Crippen LogP) is 3.40. The Hall–Kier alpha value is -2.13. The van der Waals surface area contributed by atoms with Crippen molar-refractivity contribution in [3.05, 3.63) is 65.5 Å². The molecule has 0 saturated heterocycles. The summed E-state index contributed by atoms with van der Waals surface area (Å²) < 4.78 is 2.36. The van der Waals surface area contributed by atoms with E-state index in [-0.39, 0.29) is 12.1 Å². The highest BCUT2D eigenvalue weighted by Crippen LogP contribution is 2.39. The second-order valence-corrected chi connectivity index (χ2v) is 5.74. The summed E-state index contributed by atoms with van der Waals surface area (Å²) in [5.74, 6) is 1.13. The third-order valence-electron chi connectivity index (χ3n) is 4.57. The van der Waals surface area contributed by atoms with Crippen molar-refractivity contribution in [1.29, 1.82) is 0 Å². The molecule has 2 N–H and O–H groups in total. The Morgan fingerprint density at radius 3 is 2.71 bits per heavy atom. The van der Waals surface area contributed by atoms with Crippen molar-refractivity contribution in [2.45, 2.75) is 31.8 Å². The molecule has 3 heteroatoms. The summed E-state index contributed by atoms with van der Waals surface area (Å²) >= 11 is 0. The van der Waals surface area contributed by atoms with Crippen LogP contribution in [-0.2, 0) is 12.8 Å². The molecule has 0 radical (unpaired) electrons. The molecule has 106 valence electrons. The number of para-hydroxylation sites is 2. The highest BCUT2D eigenvalue weighted by atomic mass is 15.1. The minimum Gasteiger partial charge on any atom is -0.323 e. The Kier molecular flexibility index (Phi) is 2.82. The Bertz CT molecular complexity index is 803. The van der Waals surface area contributed by atoms with Gasteiger partial charge in [0, 0.05) is 6.42 Å². The van der Waals surface area contributed by atoms with Crippen LogP contribution in [0.2, 0.25) is 0 Å². The third kappa shape index (κ3) is 1.81. The largest absolute Gasteiger partial charge is 0.323 e. The van der Waals surface area contributed by atoms with E-state index in [9.17, 15) is 0 Å². The maximum atomic E-state index is 6.55. The number of imidazole rings is 1. The quantitative estimate of drug-likeness (QED) is 0.780. The lowest BCUT2D eigenvalue weighted by Crippen LogP contribution is -2.22. The fourth-order valence-corrected chi connectivity index (χ4v) is 3.57. The van der Waals surface area contributed by atoms with E-state index in [0.717, 1.165) is 24.2 Å². The summed E-state index contributed by atoms with van der Waals surface area (Å²) in [5.41, 5.74) is 11.5. The van der Waals surface area contributed by atoms with Gasteiger partial charge in [0.15, 0.2) is 0 Å². The first kappa shape index (κ1) is 12.6. The molecule has 1 aliphatic rings. The van der Waals surface area contributed by atoms with Gasteiger partial charge in [0.25, 0.3) is 0 Å². The first-order chi connectivity index (χ1) is 10.3. The maximum absolute atomic E-state index is 6.55. The van der Waals surface area contributed by atoms with E-state index >= 15 is 0 Å². The highest BCUT2D eigenvalue weighted by Gasteiger charge is 2.32. The lowest BCUT2D eigenvalue weighted by Gasteiger charge is -2.21. The standard InChI is InChI=1S/C18H19N3/c1-2-17-20-14-9-5-6-10-15(14)21(17)16-11-12-7-3-4-8-13(12)18(16)19/h3-10,16,18H,2,11,19H2,1H3. The van der Waals surface area contributed by atoms with Crippen LogP contribution in [0.15, 0.2) is 48.5 Å². The molecule has 0 amide bonds. The zero-order valence-corrected chi connectivity index (χ0v) is 12.2. The van der Waals surface area contributed by atoms with E-state index in [1.165, 1.54) is 16.6 Å². The molecule has 1 aliphatic carbocycles. The second kappa shape index (κ2) is 4.71. The summed E-state index contributed by atoms with van der Waals surface area (Å²) in [6.45, 7) is 2.16. The number of rotatable bonds is 2. The minimum atomic E-state index is 0.0455. The van der Waals surface area contributed by atoms with Crippen molar-refractivity contribution in [3.63, 3.8) is 0 Å². The number of fused-ring (bicyclic) bond motifs is 2. The summed E-state index contributed by atoms with van der Waals surface area (Å²) in [6, 6.07) is 17.2. The van der Waals surface area contributed by atoms with Crippen LogP contribution >= 0.6 is 0 Å². The molecule has 0 fully saturated rings. The molecular weight excluding hydrogens is 258 g/mol. The van der Waals surface area contributed by atoms with E-state index in [1.54, 1.807) is 0 Å². The van der Waals surface area contributed by atoms with Gasteiger partial charge in [-0.2, -0.15) is 0 Å². The zero-order valence-electron chi connectivity index (χ0n) is 12.2. The van der Waals surface area contributed by atoms with E-state index in [4.69, 9.17) is 10.7 Å². The Morgan fingerprint density at radius 1 is 1.14 bits per heavy atom. The molecule has 2 atom stereocenters. The number of nitrogens with zero attached hydrogens (tertiary/aromatic N) is 2. The van der Waals surface area contributed by atoms with Crippen LogP contribution < -0.4 is 5.73 Å². The molecule has 3 aromatic rings. The van der Waals surface area contributed by atoms with Gasteiger partial charge in [-0.25, -0.2) is 4.98 Å². The Morgan fingerprint density at radius 2 is 1.90 bits per heavy atom. The fourth-order valence-electron chi connectivity index (χ4n) is 3.57. The summed E-state index contributed by atoms with van der Waals surface area (Å²) in [7, 11) is 0. The molecule has 1 heterocycles. The number of hydrogen-bond acceptors (Lipinski definition) is 2. The average molecular weight is 277 g/mol. The molecule has 1 aromatic heterocycles. The van der Waals surface area contributed by atoms with Crippen molar-refractivity contribution in [3.8, 4) is 0 Å². The lowest BCUT2D eigenvalue weighted by atomic mass is 10.1. The lowest BCUT2D eigenvalue weighted by molar-refractivity contribution is 0.447. The fraction of sp³-hybridized carbons (Fsp3) is 0.278. The predicted molar refractivity (Wildman–Crippen MR) is 85.2 cm³/mol. The highest BCUT2D eigenvalue weighted by molar-refractivity contribution is 5.76. The molecule has 4 rings (SSSR count). The van der Waals surface area contributed by atoms with Gasteiger partial charge < -0.3 is 10.3 Å². The zero-order chi connectivity index (χ0) is 14.4. The summed E-state index contributed by atoms with van der Waals surface area (Å²) in [5, 5.41) is 0. The van der Waals surface area contributed by atoms with Gasteiger partial charge in [0.1, 0.15) is 5.82 Å². The van der Waals surface area contributed by atoms with Crippen molar-refractivity contribution in [2.24, 2.45) is 5.73 Å². The normalized spacial score (nSPS) is 20.9. The molecule has 2 aromatic carbocycles. The molecule has 21 heavy (non-hydrogen) atoms. The summed E-state index contributed by atoms with van der Waals surface area (Å²) in [4.78, 5) is 4.78. The molecule has 0 spiro atoms. The molecule has 0 saturated carbocycles. The number of benzene rings is 2. The monoisotopic (exact) mass is 277 g/mol. The number of nitrogens with two attached hydrogens (primary N) is 1. The van der Waals surface area contributed by atoms with Gasteiger partial charge >= 0.3 is 0 Å². The molecule has 3 nitrogen and oxygen atoms in total. The van der Waals surface area contributed by atoms with E-state index < -0.39 is 0 Å². The van der Waals surface area contributed by atoms with Crippen LogP contribution in [0.1, 0.15) is 36.0 Å². The van der Waals surface area contributed by atoms with Gasteiger partial charge in [0.2, 0.25) is 0 Å². The molecular formula is C18H19N3. The number of aryl methyl sites for hydroxylation is 1. The van der Waals surface area contributed by atoms with Crippen molar-refractivity contribution in [1.82, 2.24) is 9.55 Å². The maximum Gasteiger partial charge on any atom is 0.109 e. The summed E-state index contributed by atoms with van der Waals surface area (Å²) in [6.07, 6.45) is 1.92. The van der Waals surface area contributed by atoms with E-state index in [2.05, 4.69) is 54.0 Å². The first-order valence-corrected chi connectivity index (χ1v) is 7.59. The van der Waals surface area contributed by atoms with Crippen molar-refractivity contribution in [2.75, 3.05) is 0 Å². The molecule has 0 bridgehead atoms. The number of aromatic nitrogens is 2. The molecule has 0 aliphatic heterocycles. The molecule has 2 unspecified atom stereocenters. The smallest absolute Gasteiger partial charge is 0.109 e. The van der Waals surface area contributed by atoms with Crippen LogP contribution in [-0.4, -0.2) is 9.55 Å². The van der Waals surface area contributed by atoms with Crippen LogP contribution in [0, 0.1) is 0 Å². The minimum absolute atomic E-state index is 0.0455. The van der Waals surface area contributed by atoms with Crippen molar-refractivity contribution < 1.29 is 0 Å². The van der Waals surface area contributed by atoms with Crippen LogP contribution in [0.3, 0.4) is 0 Å². The van der Waals surface area contributed by atoms with E-state index in [1.807, 2.05) is 6.07 Å². The SMILES string of the molecule is CCc1nc2ccccc2n1C1Cc2ccccc2C1N. The van der Waals surface area contributed by atoms with E-state index in [0.29, 0.717) is 0 Å². The average Bonchev–Trinajstić information content (AvgIpc) is 3.05. The van der Waals surface area contributed by atoms with Crippen LogP contribution in [0.25, 0.3) is 11.0 Å². The Balaban J connectivity index is 1.88. The van der Waals surface area contributed by atoms with Crippen LogP contribution in [0.5, 0.6) is 0 Å². The van der Waals surface area contributed by atoms with Gasteiger partial charge in [-0.15, -0.1) is 0 Å². The first-order valence-electron chi connectivity index (χ1n) is 7.59. The Labute approximate surface area is 124 Å². The van der Waals surface area contributed by atoms with Crippen LogP contribution in [0.4, 0.5) is 0 Å². The topological polar surface area (TPSA) is 43.8 Å². The third-order valence-corrected chi connectivity index (χ3v) is 4.57. The van der Waals surface area contributed by atoms with Gasteiger partial charge in [-0.3, -0.25) is 0 Å². The van der Waals surface area contributed by atoms with Gasteiger partial charge in [-0.05, 0) is 29.7 Å². The van der Waals surface area contributed by atoms with Gasteiger partial charge in [0.05, 0.1) is 23.1 Å². The van der Waals surface area contributed by atoms with Crippen molar-refractivity contribution >= 4 is 11.0 Å². The van der Waals surface area contributed by atoms with Gasteiger partial charge in [-0.1, -0.05) is 43.3 Å². The second-order valence-electron chi connectivity index (χ2n) is 5.74.